The lowest BCUT2D eigenvalue weighted by molar-refractivity contribution is 0.0687. The van der Waals surface area contributed by atoms with Crippen molar-refractivity contribution < 1.29 is 24.5 Å². The Morgan fingerprint density at radius 2 is 1.79 bits per heavy atom. The third kappa shape index (κ3) is 7.30. The molecule has 0 saturated carbocycles. The van der Waals surface area contributed by atoms with Gasteiger partial charge in [0.2, 0.25) is 0 Å². The first-order valence-electron chi connectivity index (χ1n) is 11.3. The predicted octanol–water partition coefficient (Wildman–Crippen LogP) is 4.99. The van der Waals surface area contributed by atoms with Crippen LogP contribution in [-0.4, -0.2) is 49.2 Å². The van der Waals surface area contributed by atoms with Gasteiger partial charge in [-0.25, -0.2) is 4.79 Å². The summed E-state index contributed by atoms with van der Waals surface area (Å²) in [5.41, 5.74) is 4.07. The van der Waals surface area contributed by atoms with Crippen molar-refractivity contribution in [1.82, 2.24) is 5.32 Å². The molecule has 3 N–H and O–H groups in total. The maximum Gasteiger partial charge on any atom is 0.339 e. The minimum atomic E-state index is -1.03. The van der Waals surface area contributed by atoms with Gasteiger partial charge in [0, 0.05) is 11.6 Å². The number of carboxylic acids is 1. The van der Waals surface area contributed by atoms with Gasteiger partial charge in [-0.2, -0.15) is 0 Å². The second kappa shape index (κ2) is 13.1. The molecule has 0 heterocycles. The molecule has 180 valence electrons. The maximum absolute atomic E-state index is 11.5. The fourth-order valence-corrected chi connectivity index (χ4v) is 3.82. The Hall–Kier alpha value is -2.90. The Labute approximate surface area is 205 Å². The highest BCUT2D eigenvalue weighted by Crippen LogP contribution is 2.28. The zero-order chi connectivity index (χ0) is 24.3. The molecule has 6 nitrogen and oxygen atoms in total. The Kier molecular flexibility index (Phi) is 9.91. The van der Waals surface area contributed by atoms with Crippen LogP contribution in [0.4, 0.5) is 0 Å². The molecule has 3 rings (SSSR count). The van der Waals surface area contributed by atoms with E-state index >= 15 is 0 Å². The molecule has 0 spiro atoms. The molecule has 0 aliphatic carbocycles. The number of aliphatic hydroxyl groups is 1. The average molecular weight is 484 g/mol. The molecule has 3 aromatic rings. The van der Waals surface area contributed by atoms with E-state index in [1.54, 1.807) is 18.2 Å². The van der Waals surface area contributed by atoms with E-state index in [1.165, 1.54) is 0 Å². The maximum atomic E-state index is 11.5. The van der Waals surface area contributed by atoms with Gasteiger partial charge in [-0.3, -0.25) is 0 Å². The molecule has 1 unspecified atom stereocenters. The van der Waals surface area contributed by atoms with E-state index in [0.717, 1.165) is 28.7 Å². The molecule has 0 fully saturated rings. The van der Waals surface area contributed by atoms with Crippen LogP contribution in [-0.2, 0) is 11.2 Å². The van der Waals surface area contributed by atoms with E-state index < -0.39 is 5.97 Å². The van der Waals surface area contributed by atoms with Crippen molar-refractivity contribution in [1.29, 1.82) is 0 Å². The standard InChI is InChI=1S/C27H30ClNO5/c1-2-33-14-15-34-26-17-21(10-11-24(26)27(31)32)20-8-6-19(7-9-20)12-13-29-25(18-30)22-4-3-5-23(28)16-22/h3-11,16-17,25,29-30H,2,12-15,18H2,1H3,(H,31,32). The first-order chi connectivity index (χ1) is 16.5. The molecule has 0 radical (unpaired) electrons. The minimum absolute atomic E-state index is 0.0133. The van der Waals surface area contributed by atoms with Gasteiger partial charge in [-0.15, -0.1) is 0 Å². The van der Waals surface area contributed by atoms with Crippen molar-refractivity contribution in [3.05, 3.63) is 88.4 Å². The van der Waals surface area contributed by atoms with Gasteiger partial charge in [0.25, 0.3) is 0 Å². The Balaban J connectivity index is 1.62. The lowest BCUT2D eigenvalue weighted by Crippen LogP contribution is -2.26. The number of rotatable bonds is 13. The molecule has 3 aromatic carbocycles. The number of nitrogens with one attached hydrogen (secondary N) is 1. The van der Waals surface area contributed by atoms with Gasteiger partial charge in [-0.1, -0.05) is 54.1 Å². The van der Waals surface area contributed by atoms with Crippen molar-refractivity contribution in [3.63, 3.8) is 0 Å². The molecule has 7 heteroatoms. The van der Waals surface area contributed by atoms with Crippen LogP contribution >= 0.6 is 11.6 Å². The molecule has 0 amide bonds. The van der Waals surface area contributed by atoms with Crippen molar-refractivity contribution in [3.8, 4) is 16.9 Å². The summed E-state index contributed by atoms with van der Waals surface area (Å²) >= 11 is 6.06. The Morgan fingerprint density at radius 3 is 2.47 bits per heavy atom. The number of benzene rings is 3. The highest BCUT2D eigenvalue weighted by Gasteiger charge is 2.13. The van der Waals surface area contributed by atoms with Gasteiger partial charge in [0.15, 0.2) is 0 Å². The average Bonchev–Trinajstić information content (AvgIpc) is 2.84. The summed E-state index contributed by atoms with van der Waals surface area (Å²) in [5, 5.41) is 23.2. The van der Waals surface area contributed by atoms with E-state index in [1.807, 2.05) is 55.5 Å². The number of carbonyl (C=O) groups is 1. The van der Waals surface area contributed by atoms with Crippen molar-refractivity contribution in [2.24, 2.45) is 0 Å². The van der Waals surface area contributed by atoms with Crippen LogP contribution in [0.25, 0.3) is 11.1 Å². The van der Waals surface area contributed by atoms with Crippen molar-refractivity contribution in [2.45, 2.75) is 19.4 Å². The van der Waals surface area contributed by atoms with Crippen LogP contribution in [0.5, 0.6) is 5.75 Å². The normalized spacial score (nSPS) is 11.9. The summed E-state index contributed by atoms with van der Waals surface area (Å²) < 4.78 is 10.9. The van der Waals surface area contributed by atoms with E-state index in [9.17, 15) is 15.0 Å². The summed E-state index contributed by atoms with van der Waals surface area (Å²) in [6.45, 7) is 3.85. The van der Waals surface area contributed by atoms with Crippen LogP contribution in [0.1, 0.15) is 34.5 Å². The zero-order valence-corrected chi connectivity index (χ0v) is 19.9. The number of aliphatic hydroxyl groups excluding tert-OH is 1. The number of ether oxygens (including phenoxy) is 2. The predicted molar refractivity (Wildman–Crippen MR) is 134 cm³/mol. The molecule has 0 aliphatic rings. The van der Waals surface area contributed by atoms with Gasteiger partial charge in [-0.05, 0) is 66.4 Å². The quantitative estimate of drug-likeness (QED) is 0.297. The Bertz CT molecular complexity index is 1070. The topological polar surface area (TPSA) is 88.0 Å². The second-order valence-corrected chi connectivity index (χ2v) is 8.19. The van der Waals surface area contributed by atoms with E-state index in [-0.39, 0.29) is 24.8 Å². The number of hydrogen-bond acceptors (Lipinski definition) is 5. The SMILES string of the molecule is CCOCCOc1cc(-c2ccc(CCNC(CO)c3cccc(Cl)c3)cc2)ccc1C(=O)O. The van der Waals surface area contributed by atoms with E-state index in [4.69, 9.17) is 21.1 Å². The first-order valence-corrected chi connectivity index (χ1v) is 11.7. The number of halogens is 1. The number of carboxylic acid groups (broad SMARTS) is 1. The monoisotopic (exact) mass is 483 g/mol. The van der Waals surface area contributed by atoms with Crippen LogP contribution in [0.15, 0.2) is 66.7 Å². The molecule has 1 atom stereocenters. The Morgan fingerprint density at radius 1 is 1.03 bits per heavy atom. The van der Waals surface area contributed by atoms with Crippen LogP contribution < -0.4 is 10.1 Å². The zero-order valence-electron chi connectivity index (χ0n) is 19.2. The van der Waals surface area contributed by atoms with E-state index in [2.05, 4.69) is 5.32 Å². The third-order valence-corrected chi connectivity index (χ3v) is 5.66. The molecular formula is C27H30ClNO5. The van der Waals surface area contributed by atoms with Gasteiger partial charge in [0.1, 0.15) is 17.9 Å². The fourth-order valence-electron chi connectivity index (χ4n) is 3.62. The third-order valence-electron chi connectivity index (χ3n) is 5.43. The molecule has 0 saturated heterocycles. The van der Waals surface area contributed by atoms with Crippen LogP contribution in [0, 0.1) is 0 Å². The number of hydrogen-bond donors (Lipinski definition) is 3. The van der Waals surface area contributed by atoms with E-state index in [0.29, 0.717) is 30.5 Å². The van der Waals surface area contributed by atoms with Gasteiger partial charge >= 0.3 is 5.97 Å². The fraction of sp³-hybridized carbons (Fsp3) is 0.296. The lowest BCUT2D eigenvalue weighted by atomic mass is 10.0. The molecule has 0 aliphatic heterocycles. The highest BCUT2D eigenvalue weighted by molar-refractivity contribution is 6.30. The molecule has 34 heavy (non-hydrogen) atoms. The minimum Gasteiger partial charge on any atom is -0.490 e. The number of aromatic carboxylic acids is 1. The molecule has 0 aromatic heterocycles. The summed E-state index contributed by atoms with van der Waals surface area (Å²) in [5.74, 6) is -0.700. The molecule has 0 bridgehead atoms. The summed E-state index contributed by atoms with van der Waals surface area (Å²) in [6.07, 6.45) is 0.793. The largest absolute Gasteiger partial charge is 0.490 e. The first kappa shape index (κ1) is 25.7. The van der Waals surface area contributed by atoms with Crippen LogP contribution in [0.3, 0.4) is 0 Å². The summed E-state index contributed by atoms with van der Waals surface area (Å²) in [7, 11) is 0. The highest BCUT2D eigenvalue weighted by atomic mass is 35.5. The van der Waals surface area contributed by atoms with Crippen molar-refractivity contribution in [2.75, 3.05) is 33.0 Å². The van der Waals surface area contributed by atoms with Gasteiger partial charge < -0.3 is 25.0 Å². The van der Waals surface area contributed by atoms with Crippen molar-refractivity contribution >= 4 is 17.6 Å². The second-order valence-electron chi connectivity index (χ2n) is 7.75. The molecular weight excluding hydrogens is 454 g/mol. The lowest BCUT2D eigenvalue weighted by Gasteiger charge is -2.17. The van der Waals surface area contributed by atoms with Crippen LogP contribution in [0.2, 0.25) is 5.02 Å². The van der Waals surface area contributed by atoms with Gasteiger partial charge in [0.05, 0.1) is 19.3 Å². The summed E-state index contributed by atoms with van der Waals surface area (Å²) in [4.78, 5) is 11.5. The summed E-state index contributed by atoms with van der Waals surface area (Å²) in [6, 6.07) is 20.5. The smallest absolute Gasteiger partial charge is 0.339 e.